The molecule has 2 aliphatic rings. The molecule has 0 radical (unpaired) electrons. The fraction of sp³-hybridized carbons (Fsp3) is 0.571. The molecule has 0 aliphatic carbocycles. The zero-order chi connectivity index (χ0) is 20.9. The third-order valence-electron chi connectivity index (χ3n) is 5.65. The second-order valence-electron chi connectivity index (χ2n) is 7.69. The van der Waals surface area contributed by atoms with Crippen LogP contribution in [0.25, 0.3) is 11.5 Å². The molecular weight excluding hydrogens is 406 g/mol. The van der Waals surface area contributed by atoms with Crippen molar-refractivity contribution in [3.63, 3.8) is 0 Å². The lowest BCUT2D eigenvalue weighted by Gasteiger charge is -2.22. The van der Waals surface area contributed by atoms with E-state index in [2.05, 4.69) is 15.2 Å². The van der Waals surface area contributed by atoms with Crippen molar-refractivity contribution in [2.45, 2.75) is 31.7 Å². The average molecular weight is 434 g/mol. The van der Waals surface area contributed by atoms with Gasteiger partial charge in [0, 0.05) is 32.3 Å². The van der Waals surface area contributed by atoms with Gasteiger partial charge in [-0.3, -0.25) is 14.5 Å². The molecule has 9 heteroatoms. The third kappa shape index (κ3) is 4.80. The number of likely N-dealkylation sites (tertiary alicyclic amines) is 1. The molecule has 2 aromatic rings. The minimum Gasteiger partial charge on any atom is -0.463 e. The number of methoxy groups -OCH3 is 1. The molecule has 1 unspecified atom stereocenters. The van der Waals surface area contributed by atoms with Gasteiger partial charge in [0.25, 0.3) is 0 Å². The summed E-state index contributed by atoms with van der Waals surface area (Å²) >= 11 is 1.22. The molecule has 4 rings (SSSR count). The third-order valence-corrected chi connectivity index (χ3v) is 6.63. The van der Waals surface area contributed by atoms with Gasteiger partial charge in [-0.1, -0.05) is 11.3 Å². The second-order valence-corrected chi connectivity index (χ2v) is 8.69. The van der Waals surface area contributed by atoms with Crippen LogP contribution in [0, 0.1) is 5.92 Å². The minimum absolute atomic E-state index is 0.0439. The highest BCUT2D eigenvalue weighted by molar-refractivity contribution is 7.18. The molecule has 2 fully saturated rings. The van der Waals surface area contributed by atoms with Crippen molar-refractivity contribution in [3.05, 3.63) is 23.3 Å². The molecule has 0 spiro atoms. The highest BCUT2D eigenvalue weighted by Gasteiger charge is 2.30. The molecule has 2 saturated heterocycles. The number of furan rings is 1. The number of Topliss-reactive ketones (excluding diaryl/α,β-unsaturated/α-hetero) is 1. The molecule has 1 atom stereocenters. The number of thiazole rings is 1. The minimum atomic E-state index is -0.136. The van der Waals surface area contributed by atoms with Gasteiger partial charge in [-0.2, -0.15) is 0 Å². The normalized spacial score (nSPS) is 20.5. The molecule has 1 amide bonds. The first kappa shape index (κ1) is 21.2. The Morgan fingerprint density at radius 3 is 2.90 bits per heavy atom. The van der Waals surface area contributed by atoms with Gasteiger partial charge in [-0.25, -0.2) is 4.98 Å². The second kappa shape index (κ2) is 9.82. The highest BCUT2D eigenvalue weighted by atomic mass is 32.1. The standard InChI is InChI=1S/C21H27N3O5S/c1-27-13-15-4-2-8-24(15)12-17(25)22-21-23-18(16-5-3-9-29-16)20(30-21)19(26)14-6-10-28-11-7-14/h3,5,9,14-15H,2,4,6-8,10-13H2,1H3,(H,22,23,25). The summed E-state index contributed by atoms with van der Waals surface area (Å²) in [5, 5.41) is 3.30. The Hall–Kier alpha value is -2.07. The van der Waals surface area contributed by atoms with Gasteiger partial charge < -0.3 is 19.2 Å². The van der Waals surface area contributed by atoms with Gasteiger partial charge in [0.2, 0.25) is 5.91 Å². The lowest BCUT2D eigenvalue weighted by atomic mass is 9.94. The number of aromatic nitrogens is 1. The van der Waals surface area contributed by atoms with E-state index in [1.54, 1.807) is 25.5 Å². The Balaban J connectivity index is 1.49. The van der Waals surface area contributed by atoms with Gasteiger partial charge in [-0.15, -0.1) is 0 Å². The van der Waals surface area contributed by atoms with Crippen molar-refractivity contribution in [1.82, 2.24) is 9.88 Å². The zero-order valence-electron chi connectivity index (χ0n) is 17.1. The lowest BCUT2D eigenvalue weighted by molar-refractivity contribution is -0.117. The number of carbonyl (C=O) groups excluding carboxylic acids is 2. The van der Waals surface area contributed by atoms with Gasteiger partial charge in [0.05, 0.1) is 19.4 Å². The molecule has 30 heavy (non-hydrogen) atoms. The molecule has 0 saturated carbocycles. The van der Waals surface area contributed by atoms with E-state index in [1.165, 1.54) is 11.3 Å². The maximum Gasteiger partial charge on any atom is 0.240 e. The monoisotopic (exact) mass is 433 g/mol. The first-order chi connectivity index (χ1) is 14.7. The van der Waals surface area contributed by atoms with Crippen LogP contribution in [-0.4, -0.2) is 67.6 Å². The number of ether oxygens (including phenoxy) is 2. The summed E-state index contributed by atoms with van der Waals surface area (Å²) in [7, 11) is 1.68. The zero-order valence-corrected chi connectivity index (χ0v) is 17.9. The highest BCUT2D eigenvalue weighted by Crippen LogP contribution is 2.35. The molecule has 4 heterocycles. The molecular formula is C21H27N3O5S. The van der Waals surface area contributed by atoms with Crippen molar-refractivity contribution < 1.29 is 23.5 Å². The van der Waals surface area contributed by atoms with Crippen molar-refractivity contribution >= 4 is 28.2 Å². The summed E-state index contributed by atoms with van der Waals surface area (Å²) in [6.07, 6.45) is 5.05. The van der Waals surface area contributed by atoms with E-state index >= 15 is 0 Å². The van der Waals surface area contributed by atoms with Crippen LogP contribution in [0.15, 0.2) is 22.8 Å². The number of amides is 1. The molecule has 2 aliphatic heterocycles. The van der Waals surface area contributed by atoms with Crippen LogP contribution in [-0.2, 0) is 14.3 Å². The average Bonchev–Trinajstić information content (AvgIpc) is 3.50. The van der Waals surface area contributed by atoms with E-state index in [0.29, 0.717) is 54.1 Å². The van der Waals surface area contributed by atoms with Gasteiger partial charge in [-0.05, 0) is 44.4 Å². The number of carbonyl (C=O) groups is 2. The van der Waals surface area contributed by atoms with E-state index in [0.717, 1.165) is 19.4 Å². The summed E-state index contributed by atoms with van der Waals surface area (Å²) in [5.74, 6) is 0.350. The van der Waals surface area contributed by atoms with Crippen LogP contribution < -0.4 is 5.32 Å². The van der Waals surface area contributed by atoms with E-state index in [4.69, 9.17) is 13.9 Å². The molecule has 0 aromatic carbocycles. The summed E-state index contributed by atoms with van der Waals surface area (Å²) in [5.41, 5.74) is 0.496. The van der Waals surface area contributed by atoms with Crippen molar-refractivity contribution in [1.29, 1.82) is 0 Å². The predicted molar refractivity (Wildman–Crippen MR) is 113 cm³/mol. The topological polar surface area (TPSA) is 93.9 Å². The number of ketones is 1. The quantitative estimate of drug-likeness (QED) is 0.640. The molecule has 162 valence electrons. The van der Waals surface area contributed by atoms with Crippen molar-refractivity contribution in [2.75, 3.05) is 45.3 Å². The van der Waals surface area contributed by atoms with Crippen LogP contribution in [0.5, 0.6) is 0 Å². The smallest absolute Gasteiger partial charge is 0.240 e. The number of hydrogen-bond donors (Lipinski definition) is 1. The fourth-order valence-electron chi connectivity index (χ4n) is 4.09. The first-order valence-electron chi connectivity index (χ1n) is 10.3. The van der Waals surface area contributed by atoms with Gasteiger partial charge >= 0.3 is 0 Å². The predicted octanol–water partition coefficient (Wildman–Crippen LogP) is 3.06. The van der Waals surface area contributed by atoms with Gasteiger partial charge in [0.1, 0.15) is 10.6 Å². The Morgan fingerprint density at radius 2 is 2.17 bits per heavy atom. The number of nitrogens with one attached hydrogen (secondary N) is 1. The molecule has 0 bridgehead atoms. The molecule has 1 N–H and O–H groups in total. The molecule has 2 aromatic heterocycles. The van der Waals surface area contributed by atoms with Crippen molar-refractivity contribution in [3.8, 4) is 11.5 Å². The van der Waals surface area contributed by atoms with Crippen LogP contribution in [0.3, 0.4) is 0 Å². The Kier molecular flexibility index (Phi) is 6.93. The number of nitrogens with zero attached hydrogens (tertiary/aromatic N) is 2. The van der Waals surface area contributed by atoms with E-state index < -0.39 is 0 Å². The maximum atomic E-state index is 13.1. The van der Waals surface area contributed by atoms with E-state index in [9.17, 15) is 9.59 Å². The number of rotatable bonds is 8. The summed E-state index contributed by atoms with van der Waals surface area (Å²) < 4.78 is 16.1. The summed E-state index contributed by atoms with van der Waals surface area (Å²) in [6, 6.07) is 3.81. The summed E-state index contributed by atoms with van der Waals surface area (Å²) in [4.78, 5) is 33.0. The largest absolute Gasteiger partial charge is 0.463 e. The van der Waals surface area contributed by atoms with Gasteiger partial charge in [0.15, 0.2) is 16.7 Å². The fourth-order valence-corrected chi connectivity index (χ4v) is 5.10. The van der Waals surface area contributed by atoms with Crippen LogP contribution in [0.2, 0.25) is 0 Å². The van der Waals surface area contributed by atoms with Crippen LogP contribution in [0.4, 0.5) is 5.13 Å². The van der Waals surface area contributed by atoms with Crippen molar-refractivity contribution in [2.24, 2.45) is 5.92 Å². The lowest BCUT2D eigenvalue weighted by Crippen LogP contribution is -2.38. The Morgan fingerprint density at radius 1 is 1.33 bits per heavy atom. The van der Waals surface area contributed by atoms with E-state index in [1.807, 2.05) is 0 Å². The Labute approximate surface area is 179 Å². The maximum absolute atomic E-state index is 13.1. The number of hydrogen-bond acceptors (Lipinski definition) is 8. The van der Waals surface area contributed by atoms with Crippen LogP contribution in [0.1, 0.15) is 35.4 Å². The Bertz CT molecular complexity index is 860. The van der Waals surface area contributed by atoms with E-state index in [-0.39, 0.29) is 30.2 Å². The molecule has 8 nitrogen and oxygen atoms in total. The number of anilines is 1. The SMILES string of the molecule is COCC1CCCN1CC(=O)Nc1nc(-c2ccco2)c(C(=O)C2CCOCC2)s1. The first-order valence-corrected chi connectivity index (χ1v) is 11.2. The summed E-state index contributed by atoms with van der Waals surface area (Å²) in [6.45, 7) is 2.97. The van der Waals surface area contributed by atoms with Crippen LogP contribution >= 0.6 is 11.3 Å².